The van der Waals surface area contributed by atoms with Crippen LogP contribution in [0.2, 0.25) is 0 Å². The highest BCUT2D eigenvalue weighted by molar-refractivity contribution is 5.96. The lowest BCUT2D eigenvalue weighted by Crippen LogP contribution is -2.43. The maximum atomic E-state index is 12.7. The van der Waals surface area contributed by atoms with E-state index in [1.807, 2.05) is 38.1 Å². The second-order valence-corrected chi connectivity index (χ2v) is 6.95. The summed E-state index contributed by atoms with van der Waals surface area (Å²) < 4.78 is 0. The Bertz CT molecular complexity index is 759. The summed E-state index contributed by atoms with van der Waals surface area (Å²) in [7, 11) is 0. The third kappa shape index (κ3) is 4.38. The number of hydrogen-bond acceptors (Lipinski definition) is 5. The number of nitrogens with one attached hydrogen (secondary N) is 2. The summed E-state index contributed by atoms with van der Waals surface area (Å²) in [6.07, 6.45) is 0.0422. The number of pyridine rings is 1. The molecule has 0 spiro atoms. The molecule has 0 unspecified atom stereocenters. The first kappa shape index (κ1) is 18.8. The number of fused-ring (bicyclic) bond motifs is 1. The van der Waals surface area contributed by atoms with Crippen LogP contribution in [0.1, 0.15) is 36.3 Å². The van der Waals surface area contributed by atoms with E-state index in [-0.39, 0.29) is 11.9 Å². The molecule has 1 amide bonds. The van der Waals surface area contributed by atoms with Crippen molar-refractivity contribution < 1.29 is 9.90 Å². The fraction of sp³-hybridized carbons (Fsp3) is 0.500. The average molecular weight is 356 g/mol. The van der Waals surface area contributed by atoms with Gasteiger partial charge >= 0.3 is 0 Å². The van der Waals surface area contributed by atoms with E-state index < -0.39 is 6.10 Å². The average Bonchev–Trinajstić information content (AvgIpc) is 2.67. The highest BCUT2D eigenvalue weighted by Gasteiger charge is 2.19. The Labute approximate surface area is 154 Å². The Kier molecular flexibility index (Phi) is 6.19. The van der Waals surface area contributed by atoms with Crippen LogP contribution in [0, 0.1) is 0 Å². The molecule has 2 aromatic rings. The van der Waals surface area contributed by atoms with Crippen LogP contribution in [0.25, 0.3) is 10.9 Å². The highest BCUT2D eigenvalue weighted by atomic mass is 16.3. The van der Waals surface area contributed by atoms with Gasteiger partial charge in [-0.3, -0.25) is 9.69 Å². The molecule has 3 N–H and O–H groups in total. The maximum Gasteiger partial charge on any atom is 0.270 e. The predicted octanol–water partition coefficient (Wildman–Crippen LogP) is 1.53. The number of aliphatic hydroxyl groups is 1. The molecular weight excluding hydrogens is 328 g/mol. The van der Waals surface area contributed by atoms with Gasteiger partial charge in [0.05, 0.1) is 17.7 Å². The van der Waals surface area contributed by atoms with E-state index in [0.717, 1.165) is 49.2 Å². The van der Waals surface area contributed by atoms with Crippen LogP contribution < -0.4 is 10.6 Å². The van der Waals surface area contributed by atoms with Crippen molar-refractivity contribution in [3.63, 3.8) is 0 Å². The first-order valence-corrected chi connectivity index (χ1v) is 9.39. The molecule has 0 aliphatic carbocycles. The van der Waals surface area contributed by atoms with Gasteiger partial charge in [-0.1, -0.05) is 25.1 Å². The smallest absolute Gasteiger partial charge is 0.270 e. The minimum atomic E-state index is -0.556. The van der Waals surface area contributed by atoms with Crippen molar-refractivity contribution in [3.8, 4) is 0 Å². The van der Waals surface area contributed by atoms with Crippen molar-refractivity contribution in [2.45, 2.75) is 39.0 Å². The first-order chi connectivity index (χ1) is 12.6. The van der Waals surface area contributed by atoms with Crippen molar-refractivity contribution in [1.29, 1.82) is 0 Å². The number of carbonyl (C=O) groups is 1. The number of amides is 1. The summed E-state index contributed by atoms with van der Waals surface area (Å²) >= 11 is 0. The van der Waals surface area contributed by atoms with Gasteiger partial charge in [-0.15, -0.1) is 0 Å². The zero-order chi connectivity index (χ0) is 18.5. The summed E-state index contributed by atoms with van der Waals surface area (Å²) in [4.78, 5) is 19.6. The molecular formula is C20H28N4O2. The first-order valence-electron chi connectivity index (χ1n) is 9.39. The number of rotatable bonds is 6. The molecule has 1 aliphatic heterocycles. The molecule has 1 saturated heterocycles. The summed E-state index contributed by atoms with van der Waals surface area (Å²) in [5.74, 6) is -0.239. The fourth-order valence-corrected chi connectivity index (χ4v) is 3.34. The molecule has 3 rings (SSSR count). The molecule has 2 heterocycles. The van der Waals surface area contributed by atoms with Crippen LogP contribution in [0.15, 0.2) is 30.3 Å². The second-order valence-electron chi connectivity index (χ2n) is 6.95. The van der Waals surface area contributed by atoms with Crippen molar-refractivity contribution in [2.24, 2.45) is 0 Å². The van der Waals surface area contributed by atoms with E-state index in [1.165, 1.54) is 0 Å². The van der Waals surface area contributed by atoms with Crippen LogP contribution in [0.4, 0.5) is 0 Å². The standard InChI is InChI=1S/C20H28N4O2/c1-3-19(25)14(2)22-20(26)18-12-15(13-24-10-8-21-9-11-24)16-6-4-5-7-17(16)23-18/h4-7,12,14,19,21,25H,3,8-11,13H2,1-2H3,(H,22,26)/t14-,19-/m0/s1. The van der Waals surface area contributed by atoms with Crippen molar-refractivity contribution in [1.82, 2.24) is 20.5 Å². The van der Waals surface area contributed by atoms with E-state index in [0.29, 0.717) is 12.1 Å². The Hall–Kier alpha value is -2.02. The number of hydrogen-bond donors (Lipinski definition) is 3. The number of carbonyl (C=O) groups excluding carboxylic acids is 1. The van der Waals surface area contributed by atoms with E-state index in [2.05, 4.69) is 26.6 Å². The Balaban J connectivity index is 1.87. The lowest BCUT2D eigenvalue weighted by atomic mass is 10.1. The molecule has 6 heteroatoms. The maximum absolute atomic E-state index is 12.7. The van der Waals surface area contributed by atoms with Gasteiger partial charge in [-0.2, -0.15) is 0 Å². The Morgan fingerprint density at radius 1 is 1.35 bits per heavy atom. The van der Waals surface area contributed by atoms with Gasteiger partial charge in [0.1, 0.15) is 5.69 Å². The van der Waals surface area contributed by atoms with E-state index in [1.54, 1.807) is 0 Å². The minimum absolute atomic E-state index is 0.239. The summed E-state index contributed by atoms with van der Waals surface area (Å²) in [5.41, 5.74) is 2.35. The van der Waals surface area contributed by atoms with Crippen LogP contribution in [0.3, 0.4) is 0 Å². The van der Waals surface area contributed by atoms with Crippen molar-refractivity contribution in [3.05, 3.63) is 41.6 Å². The van der Waals surface area contributed by atoms with Crippen LogP contribution in [-0.2, 0) is 6.54 Å². The monoisotopic (exact) mass is 356 g/mol. The highest BCUT2D eigenvalue weighted by Crippen LogP contribution is 2.20. The number of aromatic nitrogens is 1. The van der Waals surface area contributed by atoms with Gasteiger partial charge in [0.2, 0.25) is 0 Å². The molecule has 2 atom stereocenters. The van der Waals surface area contributed by atoms with Gasteiger partial charge in [0, 0.05) is 38.1 Å². The third-order valence-electron chi connectivity index (χ3n) is 4.99. The molecule has 1 aromatic carbocycles. The predicted molar refractivity (Wildman–Crippen MR) is 103 cm³/mol. The molecule has 0 bridgehead atoms. The number of para-hydroxylation sites is 1. The third-order valence-corrected chi connectivity index (χ3v) is 4.99. The molecule has 1 fully saturated rings. The normalized spacial score (nSPS) is 17.8. The molecule has 26 heavy (non-hydrogen) atoms. The van der Waals surface area contributed by atoms with E-state index >= 15 is 0 Å². The number of piperazine rings is 1. The number of nitrogens with zero attached hydrogens (tertiary/aromatic N) is 2. The summed E-state index contributed by atoms with van der Waals surface area (Å²) in [6, 6.07) is 9.53. The Morgan fingerprint density at radius 2 is 2.08 bits per heavy atom. The quantitative estimate of drug-likeness (QED) is 0.732. The van der Waals surface area contributed by atoms with Crippen LogP contribution in [-0.4, -0.2) is 59.2 Å². The molecule has 1 aromatic heterocycles. The van der Waals surface area contributed by atoms with Gasteiger partial charge in [0.15, 0.2) is 0 Å². The van der Waals surface area contributed by atoms with E-state index in [4.69, 9.17) is 0 Å². The van der Waals surface area contributed by atoms with Gasteiger partial charge in [-0.25, -0.2) is 4.98 Å². The zero-order valence-electron chi connectivity index (χ0n) is 15.5. The minimum Gasteiger partial charge on any atom is -0.391 e. The fourth-order valence-electron chi connectivity index (χ4n) is 3.34. The molecule has 6 nitrogen and oxygen atoms in total. The molecule has 0 saturated carbocycles. The lowest BCUT2D eigenvalue weighted by molar-refractivity contribution is 0.0841. The second kappa shape index (κ2) is 8.58. The SMILES string of the molecule is CC[C@H](O)[C@H](C)NC(=O)c1cc(CN2CCNCC2)c2ccccc2n1. The van der Waals surface area contributed by atoms with Gasteiger partial charge in [0.25, 0.3) is 5.91 Å². The van der Waals surface area contributed by atoms with Crippen molar-refractivity contribution in [2.75, 3.05) is 26.2 Å². The van der Waals surface area contributed by atoms with Crippen molar-refractivity contribution >= 4 is 16.8 Å². The molecule has 140 valence electrons. The van der Waals surface area contributed by atoms with Crippen LogP contribution in [0.5, 0.6) is 0 Å². The summed E-state index contributed by atoms with van der Waals surface area (Å²) in [6.45, 7) is 8.49. The molecule has 1 aliphatic rings. The lowest BCUT2D eigenvalue weighted by Gasteiger charge is -2.27. The Morgan fingerprint density at radius 3 is 2.81 bits per heavy atom. The van der Waals surface area contributed by atoms with Gasteiger partial charge in [-0.05, 0) is 31.0 Å². The van der Waals surface area contributed by atoms with Gasteiger partial charge < -0.3 is 15.7 Å². The topological polar surface area (TPSA) is 77.5 Å². The van der Waals surface area contributed by atoms with E-state index in [9.17, 15) is 9.90 Å². The summed E-state index contributed by atoms with van der Waals surface area (Å²) in [5, 5.41) is 17.2. The van der Waals surface area contributed by atoms with Crippen LogP contribution >= 0.6 is 0 Å². The largest absolute Gasteiger partial charge is 0.391 e. The molecule has 0 radical (unpaired) electrons. The number of benzene rings is 1. The zero-order valence-corrected chi connectivity index (χ0v) is 15.5. The number of aliphatic hydroxyl groups excluding tert-OH is 1.